The zero-order valence-corrected chi connectivity index (χ0v) is 13.4. The zero-order valence-electron chi connectivity index (χ0n) is 13.4. The quantitative estimate of drug-likeness (QED) is 0.524. The highest BCUT2D eigenvalue weighted by Gasteiger charge is 2.13. The molecule has 4 aromatic heterocycles. The molecule has 0 aliphatic rings. The van der Waals surface area contributed by atoms with Crippen molar-refractivity contribution in [3.63, 3.8) is 0 Å². The minimum atomic E-state index is -0.290. The van der Waals surface area contributed by atoms with Gasteiger partial charge in [0.05, 0.1) is 24.2 Å². The van der Waals surface area contributed by atoms with Crippen molar-refractivity contribution in [1.82, 2.24) is 24.8 Å². The van der Waals surface area contributed by atoms with Gasteiger partial charge in [-0.2, -0.15) is 10.2 Å². The van der Waals surface area contributed by atoms with Crippen LogP contribution >= 0.6 is 0 Å². The van der Waals surface area contributed by atoms with Crippen molar-refractivity contribution >= 4 is 28.1 Å². The molecule has 0 spiro atoms. The molecule has 0 saturated heterocycles. The smallest absolute Gasteiger partial charge is 0.274 e. The van der Waals surface area contributed by atoms with E-state index < -0.39 is 0 Å². The second-order valence-corrected chi connectivity index (χ2v) is 5.75. The van der Waals surface area contributed by atoms with Crippen LogP contribution in [0.5, 0.6) is 0 Å². The Morgan fingerprint density at radius 1 is 1.19 bits per heavy atom. The van der Waals surface area contributed by atoms with E-state index in [0.29, 0.717) is 17.0 Å². The lowest BCUT2D eigenvalue weighted by Crippen LogP contribution is -2.14. The second kappa shape index (κ2) is 5.55. The van der Waals surface area contributed by atoms with Crippen molar-refractivity contribution in [3.05, 3.63) is 67.0 Å². The van der Waals surface area contributed by atoms with Gasteiger partial charge in [-0.25, -0.2) is 9.50 Å². The molecule has 0 atom stereocenters. The van der Waals surface area contributed by atoms with Crippen LogP contribution in [-0.4, -0.2) is 30.7 Å². The highest BCUT2D eigenvalue weighted by atomic mass is 16.3. The number of fused-ring (bicyclic) bond motifs is 2. The Morgan fingerprint density at radius 2 is 2.15 bits per heavy atom. The number of carbonyl (C=O) groups is 1. The number of amides is 1. The molecule has 0 unspecified atom stereocenters. The lowest BCUT2D eigenvalue weighted by Gasteiger charge is -2.05. The summed E-state index contributed by atoms with van der Waals surface area (Å²) >= 11 is 0. The lowest BCUT2D eigenvalue weighted by atomic mass is 10.1. The number of carbonyl (C=O) groups excluding carboxylic acids is 1. The Balaban J connectivity index is 1.48. The SMILES string of the molecule is O=C(Nc1ccc2[nH]nc(-c3ccoc3)c2c1)c1ccn2nccc2n1. The fourth-order valence-electron chi connectivity index (χ4n) is 2.85. The van der Waals surface area contributed by atoms with E-state index in [1.54, 1.807) is 41.6 Å². The van der Waals surface area contributed by atoms with Gasteiger partial charge >= 0.3 is 0 Å². The minimum absolute atomic E-state index is 0.290. The summed E-state index contributed by atoms with van der Waals surface area (Å²) in [6.45, 7) is 0. The molecule has 0 fully saturated rings. The number of aromatic amines is 1. The molecule has 0 bridgehead atoms. The molecule has 1 aromatic carbocycles. The summed E-state index contributed by atoms with van der Waals surface area (Å²) in [5.74, 6) is -0.290. The fourth-order valence-corrected chi connectivity index (χ4v) is 2.85. The van der Waals surface area contributed by atoms with Crippen LogP contribution in [0.3, 0.4) is 0 Å². The van der Waals surface area contributed by atoms with Crippen LogP contribution in [0, 0.1) is 0 Å². The number of rotatable bonds is 3. The average Bonchev–Trinajstić information content (AvgIpc) is 3.40. The number of furan rings is 1. The number of anilines is 1. The number of nitrogens with zero attached hydrogens (tertiary/aromatic N) is 4. The van der Waals surface area contributed by atoms with Crippen LogP contribution in [0.25, 0.3) is 27.8 Å². The molecule has 26 heavy (non-hydrogen) atoms. The maximum absolute atomic E-state index is 12.5. The summed E-state index contributed by atoms with van der Waals surface area (Å²) in [4.78, 5) is 16.8. The third-order valence-electron chi connectivity index (χ3n) is 4.11. The van der Waals surface area contributed by atoms with Crippen molar-refractivity contribution in [2.24, 2.45) is 0 Å². The first kappa shape index (κ1) is 14.4. The monoisotopic (exact) mass is 344 g/mol. The third kappa shape index (κ3) is 2.32. The molecular weight excluding hydrogens is 332 g/mol. The molecule has 4 heterocycles. The van der Waals surface area contributed by atoms with Gasteiger partial charge in [-0.15, -0.1) is 0 Å². The van der Waals surface area contributed by atoms with Crippen molar-refractivity contribution in [3.8, 4) is 11.3 Å². The minimum Gasteiger partial charge on any atom is -0.472 e. The van der Waals surface area contributed by atoms with Gasteiger partial charge in [0, 0.05) is 28.9 Å². The molecule has 0 aliphatic carbocycles. The van der Waals surface area contributed by atoms with Crippen molar-refractivity contribution in [2.45, 2.75) is 0 Å². The van der Waals surface area contributed by atoms with Gasteiger partial charge in [-0.05, 0) is 30.3 Å². The van der Waals surface area contributed by atoms with Gasteiger partial charge in [0.25, 0.3) is 5.91 Å². The largest absolute Gasteiger partial charge is 0.472 e. The van der Waals surface area contributed by atoms with E-state index in [-0.39, 0.29) is 5.91 Å². The highest BCUT2D eigenvalue weighted by Crippen LogP contribution is 2.28. The van der Waals surface area contributed by atoms with E-state index in [4.69, 9.17) is 4.42 Å². The summed E-state index contributed by atoms with van der Waals surface area (Å²) in [6, 6.07) is 10.8. The molecule has 0 saturated carbocycles. The Labute approximate surface area is 146 Å². The Kier molecular flexibility index (Phi) is 3.08. The third-order valence-corrected chi connectivity index (χ3v) is 4.11. The molecule has 0 aliphatic heterocycles. The number of hydrogen-bond donors (Lipinski definition) is 2. The van der Waals surface area contributed by atoms with Crippen LogP contribution in [-0.2, 0) is 0 Å². The molecule has 8 heteroatoms. The van der Waals surface area contributed by atoms with E-state index in [1.807, 2.05) is 24.3 Å². The lowest BCUT2D eigenvalue weighted by molar-refractivity contribution is 0.102. The Bertz CT molecular complexity index is 1240. The van der Waals surface area contributed by atoms with E-state index in [1.165, 1.54) is 0 Å². The van der Waals surface area contributed by atoms with Crippen LogP contribution in [0.2, 0.25) is 0 Å². The number of hydrogen-bond acceptors (Lipinski definition) is 5. The van der Waals surface area contributed by atoms with Crippen LogP contribution in [0.15, 0.2) is 65.7 Å². The van der Waals surface area contributed by atoms with E-state index in [2.05, 4.69) is 25.6 Å². The topological polar surface area (TPSA) is 101 Å². The van der Waals surface area contributed by atoms with Gasteiger partial charge in [-0.3, -0.25) is 9.89 Å². The number of aromatic nitrogens is 5. The first-order valence-electron chi connectivity index (χ1n) is 7.90. The van der Waals surface area contributed by atoms with Crippen molar-refractivity contribution in [1.29, 1.82) is 0 Å². The summed E-state index contributed by atoms with van der Waals surface area (Å²) in [7, 11) is 0. The summed E-state index contributed by atoms with van der Waals surface area (Å²) in [6.07, 6.45) is 6.56. The second-order valence-electron chi connectivity index (χ2n) is 5.75. The van der Waals surface area contributed by atoms with Gasteiger partial charge in [0.2, 0.25) is 0 Å². The van der Waals surface area contributed by atoms with Gasteiger partial charge in [0.1, 0.15) is 11.4 Å². The van der Waals surface area contributed by atoms with Gasteiger partial charge in [-0.1, -0.05) is 0 Å². The Morgan fingerprint density at radius 3 is 3.04 bits per heavy atom. The summed E-state index contributed by atoms with van der Waals surface area (Å²) in [5, 5.41) is 15.1. The van der Waals surface area contributed by atoms with E-state index in [9.17, 15) is 4.79 Å². The van der Waals surface area contributed by atoms with Crippen LogP contribution in [0.1, 0.15) is 10.5 Å². The summed E-state index contributed by atoms with van der Waals surface area (Å²) < 4.78 is 6.73. The van der Waals surface area contributed by atoms with E-state index >= 15 is 0 Å². The molecule has 5 rings (SSSR count). The molecule has 8 nitrogen and oxygen atoms in total. The first-order valence-corrected chi connectivity index (χ1v) is 7.90. The fraction of sp³-hybridized carbons (Fsp3) is 0. The molecule has 126 valence electrons. The maximum atomic E-state index is 12.5. The number of nitrogens with one attached hydrogen (secondary N) is 2. The Hall–Kier alpha value is -3.94. The first-order chi connectivity index (χ1) is 12.8. The normalized spacial score (nSPS) is 11.2. The highest BCUT2D eigenvalue weighted by molar-refractivity contribution is 6.05. The van der Waals surface area contributed by atoms with Crippen molar-refractivity contribution < 1.29 is 9.21 Å². The molecule has 1 amide bonds. The number of H-pyrrole nitrogens is 1. The van der Waals surface area contributed by atoms with Crippen LogP contribution in [0.4, 0.5) is 5.69 Å². The average molecular weight is 344 g/mol. The predicted octanol–water partition coefficient (Wildman–Crippen LogP) is 3.12. The van der Waals surface area contributed by atoms with Gasteiger partial charge < -0.3 is 9.73 Å². The number of benzene rings is 1. The van der Waals surface area contributed by atoms with Gasteiger partial charge in [0.15, 0.2) is 5.65 Å². The maximum Gasteiger partial charge on any atom is 0.274 e. The predicted molar refractivity (Wildman–Crippen MR) is 94.7 cm³/mol. The standard InChI is InChI=1S/C18H12N6O2/c25-18(15-4-7-24-16(21-15)3-6-19-24)20-12-1-2-14-13(9-12)17(23-22-14)11-5-8-26-10-11/h1-10H,(H,20,25)(H,22,23). The van der Waals surface area contributed by atoms with E-state index in [0.717, 1.165) is 22.2 Å². The van der Waals surface area contributed by atoms with Crippen molar-refractivity contribution in [2.75, 3.05) is 5.32 Å². The van der Waals surface area contributed by atoms with Crippen LogP contribution < -0.4 is 5.32 Å². The molecular formula is C18H12N6O2. The summed E-state index contributed by atoms with van der Waals surface area (Å²) in [5.41, 5.74) is 4.10. The molecule has 5 aromatic rings. The molecule has 2 N–H and O–H groups in total. The molecule has 0 radical (unpaired) electrons. The zero-order chi connectivity index (χ0) is 17.5.